The number of rotatable bonds is 6. The second-order valence-electron chi connectivity index (χ2n) is 8.88. The highest BCUT2D eigenvalue weighted by Gasteiger charge is 2.14. The average Bonchev–Trinajstić information content (AvgIpc) is 3.19. The zero-order chi connectivity index (χ0) is 22.7. The van der Waals surface area contributed by atoms with Crippen LogP contribution in [0.15, 0.2) is 71.9 Å². The van der Waals surface area contributed by atoms with Gasteiger partial charge in [0.2, 0.25) is 5.91 Å². The van der Waals surface area contributed by atoms with E-state index in [1.807, 2.05) is 6.07 Å². The number of aromatic nitrogens is 4. The molecule has 2 heterocycles. The molecule has 1 amide bonds. The summed E-state index contributed by atoms with van der Waals surface area (Å²) in [5.41, 5.74) is 2.98. The van der Waals surface area contributed by atoms with Gasteiger partial charge in [0, 0.05) is 19.0 Å². The fourth-order valence-electron chi connectivity index (χ4n) is 3.54. The Morgan fingerprint density at radius 2 is 1.78 bits per heavy atom. The maximum absolute atomic E-state index is 12.6. The standard InChI is InChI=1S/C25H27N5O2/c1-25(2,3)19-10-8-18(9-11-19)16-30-22(12-14-27-30)28-23(31)13-15-29-17-26-21-7-5-4-6-20(21)24(29)32/h4-12,14,17H,13,15-16H2,1-3H3,(H,28,31). The summed E-state index contributed by atoms with van der Waals surface area (Å²) in [6, 6.07) is 17.4. The van der Waals surface area contributed by atoms with Crippen LogP contribution in [0, 0.1) is 0 Å². The van der Waals surface area contributed by atoms with Crippen molar-refractivity contribution in [2.75, 3.05) is 5.32 Å². The summed E-state index contributed by atoms with van der Waals surface area (Å²) in [6.45, 7) is 7.37. The van der Waals surface area contributed by atoms with E-state index in [2.05, 4.69) is 60.4 Å². The molecule has 0 atom stereocenters. The van der Waals surface area contributed by atoms with Gasteiger partial charge in [-0.1, -0.05) is 57.2 Å². The molecule has 0 aliphatic carbocycles. The molecule has 0 bridgehead atoms. The SMILES string of the molecule is CC(C)(C)c1ccc(Cn2nccc2NC(=O)CCn2cnc3ccccc3c2=O)cc1. The first-order chi connectivity index (χ1) is 15.3. The van der Waals surface area contributed by atoms with Crippen LogP contribution < -0.4 is 10.9 Å². The van der Waals surface area contributed by atoms with Crippen molar-refractivity contribution < 1.29 is 4.79 Å². The van der Waals surface area contributed by atoms with Crippen LogP contribution >= 0.6 is 0 Å². The van der Waals surface area contributed by atoms with E-state index in [0.717, 1.165) is 5.56 Å². The monoisotopic (exact) mass is 429 g/mol. The van der Waals surface area contributed by atoms with Gasteiger partial charge in [-0.3, -0.25) is 14.2 Å². The maximum Gasteiger partial charge on any atom is 0.261 e. The number of carbonyl (C=O) groups excluding carboxylic acids is 1. The van der Waals surface area contributed by atoms with Crippen LogP contribution in [0.25, 0.3) is 10.9 Å². The van der Waals surface area contributed by atoms with Crippen LogP contribution in [0.5, 0.6) is 0 Å². The second-order valence-corrected chi connectivity index (χ2v) is 8.88. The van der Waals surface area contributed by atoms with Gasteiger partial charge in [0.05, 0.1) is 30.0 Å². The van der Waals surface area contributed by atoms with Crippen LogP contribution in [0.4, 0.5) is 5.82 Å². The van der Waals surface area contributed by atoms with Gasteiger partial charge in [0.15, 0.2) is 0 Å². The minimum absolute atomic E-state index is 0.103. The topological polar surface area (TPSA) is 81.8 Å². The normalized spacial score (nSPS) is 11.6. The number of anilines is 1. The number of benzene rings is 2. The van der Waals surface area contributed by atoms with Crippen molar-refractivity contribution in [1.82, 2.24) is 19.3 Å². The summed E-state index contributed by atoms with van der Waals surface area (Å²) in [7, 11) is 0. The molecule has 0 aliphatic heterocycles. The molecule has 1 N–H and O–H groups in total. The Balaban J connectivity index is 1.39. The van der Waals surface area contributed by atoms with E-state index in [9.17, 15) is 9.59 Å². The quantitative estimate of drug-likeness (QED) is 0.503. The lowest BCUT2D eigenvalue weighted by molar-refractivity contribution is -0.116. The lowest BCUT2D eigenvalue weighted by Crippen LogP contribution is -2.24. The molecule has 0 radical (unpaired) electrons. The Bertz CT molecular complexity index is 1300. The van der Waals surface area contributed by atoms with Gasteiger partial charge in [0.1, 0.15) is 5.82 Å². The van der Waals surface area contributed by atoms with Gasteiger partial charge < -0.3 is 5.32 Å². The molecule has 4 rings (SSSR count). The maximum atomic E-state index is 12.6. The number of nitrogens with zero attached hydrogens (tertiary/aromatic N) is 4. The average molecular weight is 430 g/mol. The molecule has 32 heavy (non-hydrogen) atoms. The molecule has 2 aromatic carbocycles. The minimum Gasteiger partial charge on any atom is -0.311 e. The van der Waals surface area contributed by atoms with E-state index in [1.54, 1.807) is 35.1 Å². The van der Waals surface area contributed by atoms with E-state index < -0.39 is 0 Å². The summed E-state index contributed by atoms with van der Waals surface area (Å²) in [5, 5.41) is 7.79. The molecular formula is C25H27N5O2. The molecule has 0 unspecified atom stereocenters. The molecule has 164 valence electrons. The third-order valence-corrected chi connectivity index (χ3v) is 5.45. The molecule has 7 nitrogen and oxygen atoms in total. The summed E-state index contributed by atoms with van der Waals surface area (Å²) >= 11 is 0. The summed E-state index contributed by atoms with van der Waals surface area (Å²) in [6.07, 6.45) is 3.31. The number of aryl methyl sites for hydroxylation is 1. The zero-order valence-electron chi connectivity index (χ0n) is 18.6. The Morgan fingerprint density at radius 3 is 2.53 bits per heavy atom. The minimum atomic E-state index is -0.185. The van der Waals surface area contributed by atoms with Crippen LogP contribution in [-0.4, -0.2) is 25.2 Å². The van der Waals surface area contributed by atoms with E-state index in [0.29, 0.717) is 23.3 Å². The Hall–Kier alpha value is -3.74. The summed E-state index contributed by atoms with van der Waals surface area (Å²) in [5.74, 6) is 0.439. The molecule has 0 spiro atoms. The zero-order valence-corrected chi connectivity index (χ0v) is 18.6. The summed E-state index contributed by atoms with van der Waals surface area (Å²) < 4.78 is 3.23. The lowest BCUT2D eigenvalue weighted by Gasteiger charge is -2.19. The van der Waals surface area contributed by atoms with Crippen molar-refractivity contribution in [2.24, 2.45) is 0 Å². The smallest absolute Gasteiger partial charge is 0.261 e. The van der Waals surface area contributed by atoms with Crippen LogP contribution in [0.2, 0.25) is 0 Å². The van der Waals surface area contributed by atoms with Crippen molar-refractivity contribution in [1.29, 1.82) is 0 Å². The van der Waals surface area contributed by atoms with Gasteiger partial charge >= 0.3 is 0 Å². The van der Waals surface area contributed by atoms with E-state index in [-0.39, 0.29) is 29.8 Å². The number of fused-ring (bicyclic) bond motifs is 1. The first-order valence-electron chi connectivity index (χ1n) is 10.7. The highest BCUT2D eigenvalue weighted by Crippen LogP contribution is 2.22. The van der Waals surface area contributed by atoms with Gasteiger partial charge in [-0.05, 0) is 28.7 Å². The molecule has 2 aromatic heterocycles. The molecule has 0 aliphatic rings. The molecule has 0 saturated heterocycles. The van der Waals surface area contributed by atoms with E-state index >= 15 is 0 Å². The van der Waals surface area contributed by atoms with E-state index in [1.165, 1.54) is 16.5 Å². The highest BCUT2D eigenvalue weighted by molar-refractivity contribution is 5.89. The fraction of sp³-hybridized carbons (Fsp3) is 0.280. The third kappa shape index (κ3) is 4.77. The van der Waals surface area contributed by atoms with E-state index in [4.69, 9.17) is 0 Å². The number of hydrogen-bond acceptors (Lipinski definition) is 4. The van der Waals surface area contributed by atoms with Gasteiger partial charge in [-0.25, -0.2) is 9.67 Å². The molecule has 0 fully saturated rings. The van der Waals surface area contributed by atoms with Gasteiger partial charge in [-0.2, -0.15) is 5.10 Å². The molecular weight excluding hydrogens is 402 g/mol. The first kappa shape index (κ1) is 21.5. The van der Waals surface area contributed by atoms with Crippen LogP contribution in [-0.2, 0) is 23.3 Å². The van der Waals surface area contributed by atoms with Crippen molar-refractivity contribution in [3.8, 4) is 0 Å². The first-order valence-corrected chi connectivity index (χ1v) is 10.7. The molecule has 7 heteroatoms. The fourth-order valence-corrected chi connectivity index (χ4v) is 3.54. The predicted molar refractivity (Wildman–Crippen MR) is 126 cm³/mol. The Labute approximate surface area is 186 Å². The van der Waals surface area contributed by atoms with Gasteiger partial charge in [-0.15, -0.1) is 0 Å². The predicted octanol–water partition coefficient (Wildman–Crippen LogP) is 3.97. The van der Waals surface area contributed by atoms with Gasteiger partial charge in [0.25, 0.3) is 5.56 Å². The Kier molecular flexibility index (Phi) is 5.90. The van der Waals surface area contributed by atoms with Crippen LogP contribution in [0.1, 0.15) is 38.3 Å². The third-order valence-electron chi connectivity index (χ3n) is 5.45. The number of amides is 1. The molecule has 4 aromatic rings. The van der Waals surface area contributed by atoms with Crippen molar-refractivity contribution >= 4 is 22.6 Å². The van der Waals surface area contributed by atoms with Crippen molar-refractivity contribution in [3.63, 3.8) is 0 Å². The van der Waals surface area contributed by atoms with Crippen LogP contribution in [0.3, 0.4) is 0 Å². The number of carbonyl (C=O) groups is 1. The summed E-state index contributed by atoms with van der Waals surface area (Å²) in [4.78, 5) is 29.4. The number of nitrogens with one attached hydrogen (secondary N) is 1. The largest absolute Gasteiger partial charge is 0.311 e. The molecule has 0 saturated carbocycles. The van der Waals surface area contributed by atoms with Crippen molar-refractivity contribution in [3.05, 3.63) is 88.6 Å². The Morgan fingerprint density at radius 1 is 1.03 bits per heavy atom. The lowest BCUT2D eigenvalue weighted by atomic mass is 9.87. The number of hydrogen-bond donors (Lipinski definition) is 1. The number of para-hydroxylation sites is 1. The highest BCUT2D eigenvalue weighted by atomic mass is 16.2. The van der Waals surface area contributed by atoms with Crippen molar-refractivity contribution in [2.45, 2.75) is 45.7 Å². The second kappa shape index (κ2) is 8.78.